The Balaban J connectivity index is 2.28. The van der Waals surface area contributed by atoms with E-state index in [0.717, 1.165) is 11.0 Å². The number of rotatable bonds is 3. The average molecular weight is 289 g/mol. The molecule has 0 aliphatic rings. The van der Waals surface area contributed by atoms with Crippen LogP contribution >= 0.6 is 0 Å². The smallest absolute Gasteiger partial charge is 0.408 e. The van der Waals surface area contributed by atoms with E-state index in [2.05, 4.69) is 10.3 Å². The summed E-state index contributed by atoms with van der Waals surface area (Å²) in [5, 5.41) is 3.40. The molecule has 0 radical (unpaired) electrons. The van der Waals surface area contributed by atoms with Gasteiger partial charge in [0.05, 0.1) is 0 Å². The first-order chi connectivity index (χ1) is 9.81. The van der Waals surface area contributed by atoms with Gasteiger partial charge in [0.25, 0.3) is 0 Å². The molecule has 6 heteroatoms. The van der Waals surface area contributed by atoms with Gasteiger partial charge in [-0.3, -0.25) is 0 Å². The highest BCUT2D eigenvalue weighted by Crippen LogP contribution is 2.23. The molecule has 1 amide bonds. The summed E-state index contributed by atoms with van der Waals surface area (Å²) < 4.78 is 7.00. The van der Waals surface area contributed by atoms with Crippen molar-refractivity contribution in [2.45, 2.75) is 32.4 Å². The summed E-state index contributed by atoms with van der Waals surface area (Å²) in [5.74, 6) is 0. The zero-order valence-corrected chi connectivity index (χ0v) is 12.6. The number of aromatic nitrogens is 2. The predicted octanol–water partition coefficient (Wildman–Crippen LogP) is 2.34. The van der Waals surface area contributed by atoms with Crippen LogP contribution in [0.5, 0.6) is 0 Å². The normalized spacial score (nSPS) is 13.0. The van der Waals surface area contributed by atoms with Gasteiger partial charge in [0.15, 0.2) is 0 Å². The third-order valence-electron chi connectivity index (χ3n) is 2.91. The molecule has 1 atom stereocenters. The Kier molecular flexibility index (Phi) is 3.97. The van der Waals surface area contributed by atoms with Gasteiger partial charge in [0.2, 0.25) is 0 Å². The van der Waals surface area contributed by atoms with E-state index in [4.69, 9.17) is 4.74 Å². The Morgan fingerprint density at radius 3 is 2.81 bits per heavy atom. The molecular weight excluding hydrogens is 270 g/mol. The van der Waals surface area contributed by atoms with Crippen LogP contribution in [-0.2, 0) is 16.6 Å². The van der Waals surface area contributed by atoms with Gasteiger partial charge in [0, 0.05) is 30.4 Å². The van der Waals surface area contributed by atoms with E-state index in [-0.39, 0.29) is 0 Å². The van der Waals surface area contributed by atoms with E-state index in [1.165, 1.54) is 0 Å². The molecule has 1 unspecified atom stereocenters. The minimum Gasteiger partial charge on any atom is -0.444 e. The molecule has 2 heterocycles. The molecule has 0 fully saturated rings. The van der Waals surface area contributed by atoms with Crippen molar-refractivity contribution in [3.8, 4) is 0 Å². The number of carbonyl (C=O) groups is 2. The van der Waals surface area contributed by atoms with Crippen LogP contribution in [0.3, 0.4) is 0 Å². The molecular formula is C15H19N3O3. The summed E-state index contributed by atoms with van der Waals surface area (Å²) in [4.78, 5) is 27.4. The van der Waals surface area contributed by atoms with Crippen molar-refractivity contribution in [1.29, 1.82) is 0 Å². The van der Waals surface area contributed by atoms with Gasteiger partial charge in [-0.05, 0) is 32.9 Å². The van der Waals surface area contributed by atoms with E-state index in [1.807, 2.05) is 17.7 Å². The predicted molar refractivity (Wildman–Crippen MR) is 78.9 cm³/mol. The Bertz CT molecular complexity index is 670. The second kappa shape index (κ2) is 5.55. The lowest BCUT2D eigenvalue weighted by molar-refractivity contribution is -0.109. The van der Waals surface area contributed by atoms with Crippen LogP contribution in [0.25, 0.3) is 11.0 Å². The highest BCUT2D eigenvalue weighted by molar-refractivity contribution is 5.86. The highest BCUT2D eigenvalue weighted by atomic mass is 16.6. The largest absolute Gasteiger partial charge is 0.444 e. The van der Waals surface area contributed by atoms with Crippen LogP contribution in [0.2, 0.25) is 0 Å². The Morgan fingerprint density at radius 1 is 1.48 bits per heavy atom. The quantitative estimate of drug-likeness (QED) is 0.880. The van der Waals surface area contributed by atoms with Crippen LogP contribution in [0.1, 0.15) is 32.4 Å². The SMILES string of the molecule is Cn1cc(C(C=O)NC(=O)OC(C)(C)C)c2cccnc21. The molecule has 112 valence electrons. The van der Waals surface area contributed by atoms with Gasteiger partial charge in [-0.15, -0.1) is 0 Å². The number of nitrogens with zero attached hydrogens (tertiary/aromatic N) is 2. The zero-order chi connectivity index (χ0) is 15.6. The molecule has 0 aliphatic heterocycles. The van der Waals surface area contributed by atoms with E-state index in [1.54, 1.807) is 39.2 Å². The minimum absolute atomic E-state index is 0.613. The van der Waals surface area contributed by atoms with Crippen molar-refractivity contribution in [2.75, 3.05) is 0 Å². The number of pyridine rings is 1. The maximum atomic E-state index is 11.8. The molecule has 0 aliphatic carbocycles. The first kappa shape index (κ1) is 15.0. The standard InChI is InChI=1S/C15H19N3O3/c1-15(2,3)21-14(20)17-12(9-19)11-8-18(4)13-10(11)6-5-7-16-13/h5-9,12H,1-4H3,(H,17,20). The third kappa shape index (κ3) is 3.39. The lowest BCUT2D eigenvalue weighted by Crippen LogP contribution is -2.35. The molecule has 1 N–H and O–H groups in total. The van der Waals surface area contributed by atoms with Crippen molar-refractivity contribution in [3.05, 3.63) is 30.1 Å². The fourth-order valence-corrected chi connectivity index (χ4v) is 2.11. The number of aryl methyl sites for hydroxylation is 1. The number of alkyl carbamates (subject to hydrolysis) is 1. The summed E-state index contributed by atoms with van der Waals surface area (Å²) >= 11 is 0. The molecule has 2 aromatic heterocycles. The number of aldehydes is 1. The Labute approximate surface area is 123 Å². The van der Waals surface area contributed by atoms with Gasteiger partial charge in [-0.25, -0.2) is 9.78 Å². The fourth-order valence-electron chi connectivity index (χ4n) is 2.11. The van der Waals surface area contributed by atoms with Gasteiger partial charge in [-0.2, -0.15) is 0 Å². The number of hydrogen-bond acceptors (Lipinski definition) is 4. The molecule has 0 saturated carbocycles. The molecule has 0 spiro atoms. The number of hydrogen-bond donors (Lipinski definition) is 1. The lowest BCUT2D eigenvalue weighted by atomic mass is 10.1. The number of carbonyl (C=O) groups excluding carboxylic acids is 2. The van der Waals surface area contributed by atoms with Crippen molar-refractivity contribution >= 4 is 23.4 Å². The van der Waals surface area contributed by atoms with E-state index >= 15 is 0 Å². The third-order valence-corrected chi connectivity index (χ3v) is 2.91. The van der Waals surface area contributed by atoms with Gasteiger partial charge in [0.1, 0.15) is 23.6 Å². The van der Waals surface area contributed by atoms with Crippen LogP contribution in [-0.4, -0.2) is 27.5 Å². The molecule has 6 nitrogen and oxygen atoms in total. The zero-order valence-electron chi connectivity index (χ0n) is 12.6. The number of fused-ring (bicyclic) bond motifs is 1. The van der Waals surface area contributed by atoms with Crippen molar-refractivity contribution in [3.63, 3.8) is 0 Å². The topological polar surface area (TPSA) is 73.2 Å². The highest BCUT2D eigenvalue weighted by Gasteiger charge is 2.22. The fraction of sp³-hybridized carbons (Fsp3) is 0.400. The van der Waals surface area contributed by atoms with Crippen LogP contribution < -0.4 is 5.32 Å². The summed E-state index contributed by atoms with van der Waals surface area (Å²) in [5.41, 5.74) is 0.837. The van der Waals surface area contributed by atoms with Gasteiger partial charge < -0.3 is 19.4 Å². The van der Waals surface area contributed by atoms with Crippen LogP contribution in [0.15, 0.2) is 24.5 Å². The first-order valence-corrected chi connectivity index (χ1v) is 6.66. The Morgan fingerprint density at radius 2 is 2.19 bits per heavy atom. The number of ether oxygens (including phenoxy) is 1. The second-order valence-corrected chi connectivity index (χ2v) is 5.83. The van der Waals surface area contributed by atoms with E-state index in [9.17, 15) is 9.59 Å². The summed E-state index contributed by atoms with van der Waals surface area (Å²) in [6, 6.07) is 2.89. The molecule has 2 rings (SSSR count). The van der Waals surface area contributed by atoms with Crippen molar-refractivity contribution in [2.24, 2.45) is 7.05 Å². The summed E-state index contributed by atoms with van der Waals surface area (Å²) in [6.45, 7) is 5.30. The molecule has 2 aromatic rings. The molecule has 21 heavy (non-hydrogen) atoms. The van der Waals surface area contributed by atoms with Gasteiger partial charge in [-0.1, -0.05) is 0 Å². The second-order valence-electron chi connectivity index (χ2n) is 5.83. The van der Waals surface area contributed by atoms with E-state index in [0.29, 0.717) is 11.8 Å². The Hall–Kier alpha value is -2.37. The van der Waals surface area contributed by atoms with Crippen LogP contribution in [0, 0.1) is 0 Å². The average Bonchev–Trinajstić information content (AvgIpc) is 2.72. The molecule has 0 bridgehead atoms. The first-order valence-electron chi connectivity index (χ1n) is 6.66. The lowest BCUT2D eigenvalue weighted by Gasteiger charge is -2.21. The maximum Gasteiger partial charge on any atom is 0.408 e. The van der Waals surface area contributed by atoms with Crippen molar-refractivity contribution < 1.29 is 14.3 Å². The molecule has 0 aromatic carbocycles. The molecule has 0 saturated heterocycles. The summed E-state index contributed by atoms with van der Waals surface area (Å²) in [7, 11) is 1.84. The monoisotopic (exact) mass is 289 g/mol. The van der Waals surface area contributed by atoms with Gasteiger partial charge >= 0.3 is 6.09 Å². The van der Waals surface area contributed by atoms with E-state index < -0.39 is 17.7 Å². The van der Waals surface area contributed by atoms with Crippen molar-refractivity contribution in [1.82, 2.24) is 14.9 Å². The summed E-state index contributed by atoms with van der Waals surface area (Å²) in [6.07, 6.45) is 3.53. The maximum absolute atomic E-state index is 11.8. The van der Waals surface area contributed by atoms with Crippen LogP contribution in [0.4, 0.5) is 4.79 Å². The minimum atomic E-state index is -0.771. The number of amides is 1. The number of nitrogens with one attached hydrogen (secondary N) is 1.